The average molecular weight is 546 g/mol. The molecule has 1 aromatic carbocycles. The summed E-state index contributed by atoms with van der Waals surface area (Å²) in [6, 6.07) is 6.04. The fourth-order valence-corrected chi connectivity index (χ4v) is 3.93. The summed E-state index contributed by atoms with van der Waals surface area (Å²) in [5.41, 5.74) is 1.09. The van der Waals surface area contributed by atoms with Crippen LogP contribution in [0.25, 0.3) is 0 Å². The Bertz CT molecular complexity index is 662. The van der Waals surface area contributed by atoms with Crippen molar-refractivity contribution in [1.29, 1.82) is 0 Å². The van der Waals surface area contributed by atoms with Crippen molar-refractivity contribution in [3.05, 3.63) is 23.8 Å². The van der Waals surface area contributed by atoms with E-state index < -0.39 is 0 Å². The first-order chi connectivity index (χ1) is 14.8. The number of rotatable bonds is 10. The van der Waals surface area contributed by atoms with Crippen molar-refractivity contribution in [2.45, 2.75) is 51.7 Å². The van der Waals surface area contributed by atoms with Crippen LogP contribution >= 0.6 is 24.0 Å². The lowest BCUT2D eigenvalue weighted by molar-refractivity contribution is 0.0376. The molecule has 8 heteroatoms. The molecule has 0 atom stereocenters. The Kier molecular flexibility index (Phi) is 12.4. The van der Waals surface area contributed by atoms with E-state index >= 15 is 0 Å². The minimum absolute atomic E-state index is 0. The van der Waals surface area contributed by atoms with Gasteiger partial charge in [0.15, 0.2) is 5.96 Å². The first-order valence-electron chi connectivity index (χ1n) is 11.4. The van der Waals surface area contributed by atoms with Crippen molar-refractivity contribution >= 4 is 29.9 Å². The van der Waals surface area contributed by atoms with Gasteiger partial charge in [0, 0.05) is 37.8 Å². The third-order valence-corrected chi connectivity index (χ3v) is 5.67. The predicted octanol–water partition coefficient (Wildman–Crippen LogP) is 3.41. The average Bonchev–Trinajstić information content (AvgIpc) is 3.29. The quantitative estimate of drug-likeness (QED) is 0.203. The van der Waals surface area contributed by atoms with Crippen LogP contribution < -0.4 is 20.1 Å². The topological polar surface area (TPSA) is 67.4 Å². The van der Waals surface area contributed by atoms with Crippen LogP contribution in [-0.2, 0) is 11.3 Å². The van der Waals surface area contributed by atoms with Crippen LogP contribution in [0.5, 0.6) is 11.5 Å². The molecule has 2 N–H and O–H groups in total. The second-order valence-electron chi connectivity index (χ2n) is 7.93. The van der Waals surface area contributed by atoms with E-state index in [0.29, 0.717) is 12.6 Å². The van der Waals surface area contributed by atoms with Gasteiger partial charge in [-0.05, 0) is 57.7 Å². The van der Waals surface area contributed by atoms with Gasteiger partial charge in [-0.25, -0.2) is 4.99 Å². The summed E-state index contributed by atoms with van der Waals surface area (Å²) in [7, 11) is 1.69. The first kappa shape index (κ1) is 26.0. The number of hydrogen-bond donors (Lipinski definition) is 2. The highest BCUT2D eigenvalue weighted by atomic mass is 127. The monoisotopic (exact) mass is 546 g/mol. The predicted molar refractivity (Wildman–Crippen MR) is 136 cm³/mol. The summed E-state index contributed by atoms with van der Waals surface area (Å²) in [6.45, 7) is 9.27. The molecule has 1 saturated carbocycles. The third-order valence-electron chi connectivity index (χ3n) is 5.67. The molecule has 7 nitrogen and oxygen atoms in total. The van der Waals surface area contributed by atoms with Crippen LogP contribution in [0.15, 0.2) is 23.2 Å². The second-order valence-corrected chi connectivity index (χ2v) is 7.93. The molecule has 1 heterocycles. The molecule has 1 aromatic rings. The largest absolute Gasteiger partial charge is 0.497 e. The molecule has 1 aliphatic heterocycles. The fourth-order valence-electron chi connectivity index (χ4n) is 3.93. The highest BCUT2D eigenvalue weighted by molar-refractivity contribution is 14.0. The number of nitrogens with one attached hydrogen (secondary N) is 2. The number of ether oxygens (including phenoxy) is 3. The van der Waals surface area contributed by atoms with E-state index in [9.17, 15) is 0 Å². The maximum atomic E-state index is 6.30. The molecule has 0 unspecified atom stereocenters. The van der Waals surface area contributed by atoms with E-state index in [2.05, 4.69) is 28.5 Å². The van der Waals surface area contributed by atoms with Gasteiger partial charge in [0.2, 0.25) is 0 Å². The van der Waals surface area contributed by atoms with Crippen LogP contribution in [0, 0.1) is 0 Å². The molecule has 3 rings (SSSR count). The Labute approximate surface area is 204 Å². The molecule has 2 fully saturated rings. The van der Waals surface area contributed by atoms with Gasteiger partial charge < -0.3 is 24.8 Å². The first-order valence-corrected chi connectivity index (χ1v) is 11.4. The molecule has 0 bridgehead atoms. The number of methoxy groups -OCH3 is 1. The van der Waals surface area contributed by atoms with Crippen molar-refractivity contribution in [2.75, 3.05) is 53.0 Å². The van der Waals surface area contributed by atoms with E-state index in [-0.39, 0.29) is 24.0 Å². The lowest BCUT2D eigenvalue weighted by Gasteiger charge is -2.26. The normalized spacial score (nSPS) is 17.8. The summed E-state index contributed by atoms with van der Waals surface area (Å²) in [4.78, 5) is 7.26. The van der Waals surface area contributed by atoms with Gasteiger partial charge in [-0.15, -0.1) is 24.0 Å². The summed E-state index contributed by atoms with van der Waals surface area (Å²) >= 11 is 0. The Morgan fingerprint density at radius 3 is 2.68 bits per heavy atom. The van der Waals surface area contributed by atoms with Crippen molar-refractivity contribution in [3.63, 3.8) is 0 Å². The number of guanidine groups is 1. The Morgan fingerprint density at radius 2 is 1.97 bits per heavy atom. The van der Waals surface area contributed by atoms with Crippen molar-refractivity contribution in [1.82, 2.24) is 15.5 Å². The molecule has 1 saturated heterocycles. The lowest BCUT2D eigenvalue weighted by Crippen LogP contribution is -2.40. The molecule has 2 aliphatic rings. The molecular formula is C23H39IN4O3. The minimum atomic E-state index is 0. The third kappa shape index (κ3) is 9.02. The zero-order valence-corrected chi connectivity index (χ0v) is 21.4. The van der Waals surface area contributed by atoms with Gasteiger partial charge in [-0.2, -0.15) is 0 Å². The Balaban J connectivity index is 0.00000341. The van der Waals surface area contributed by atoms with Gasteiger partial charge in [-0.3, -0.25) is 4.90 Å². The fraction of sp³-hybridized carbons (Fsp3) is 0.696. The molecule has 0 amide bonds. The minimum Gasteiger partial charge on any atom is -0.497 e. The standard InChI is InChI=1S/C23H38N4O3.HI/c1-3-24-23(25-11-6-12-27-13-15-29-16-14-27)26-18-19-9-10-21(28-2)17-22(19)30-20-7-4-5-8-20;/h9-10,17,20H,3-8,11-16,18H2,1-2H3,(H2,24,25,26);1H. The van der Waals surface area contributed by atoms with Gasteiger partial charge in [-0.1, -0.05) is 0 Å². The molecular weight excluding hydrogens is 507 g/mol. The molecule has 0 aromatic heterocycles. The van der Waals surface area contributed by atoms with E-state index in [1.807, 2.05) is 12.1 Å². The van der Waals surface area contributed by atoms with Crippen molar-refractivity contribution in [3.8, 4) is 11.5 Å². The van der Waals surface area contributed by atoms with Crippen LogP contribution in [0.2, 0.25) is 0 Å². The smallest absolute Gasteiger partial charge is 0.191 e. The zero-order chi connectivity index (χ0) is 21.0. The Hall–Kier alpha value is -1.26. The molecule has 0 radical (unpaired) electrons. The van der Waals surface area contributed by atoms with Crippen LogP contribution in [-0.4, -0.2) is 70.0 Å². The van der Waals surface area contributed by atoms with Crippen LogP contribution in [0.3, 0.4) is 0 Å². The number of hydrogen-bond acceptors (Lipinski definition) is 5. The maximum Gasteiger partial charge on any atom is 0.191 e. The number of nitrogens with zero attached hydrogens (tertiary/aromatic N) is 2. The molecule has 0 spiro atoms. The maximum absolute atomic E-state index is 6.30. The number of benzene rings is 1. The number of morpholine rings is 1. The van der Waals surface area contributed by atoms with Crippen LogP contribution in [0.1, 0.15) is 44.6 Å². The zero-order valence-electron chi connectivity index (χ0n) is 19.0. The highest BCUT2D eigenvalue weighted by Crippen LogP contribution is 2.30. The summed E-state index contributed by atoms with van der Waals surface area (Å²) < 4.78 is 17.1. The number of halogens is 1. The van der Waals surface area contributed by atoms with Crippen molar-refractivity contribution < 1.29 is 14.2 Å². The van der Waals surface area contributed by atoms with Gasteiger partial charge in [0.1, 0.15) is 11.5 Å². The van der Waals surface area contributed by atoms with E-state index in [4.69, 9.17) is 19.2 Å². The van der Waals surface area contributed by atoms with E-state index in [1.165, 1.54) is 12.8 Å². The van der Waals surface area contributed by atoms with Crippen molar-refractivity contribution in [2.24, 2.45) is 4.99 Å². The summed E-state index contributed by atoms with van der Waals surface area (Å²) in [5, 5.41) is 6.81. The highest BCUT2D eigenvalue weighted by Gasteiger charge is 2.18. The second kappa shape index (κ2) is 14.7. The van der Waals surface area contributed by atoms with Gasteiger partial charge in [0.25, 0.3) is 0 Å². The molecule has 1 aliphatic carbocycles. The Morgan fingerprint density at radius 1 is 1.19 bits per heavy atom. The molecule has 31 heavy (non-hydrogen) atoms. The SMILES string of the molecule is CCNC(=NCc1ccc(OC)cc1OC1CCCC1)NCCCN1CCOCC1.I. The summed E-state index contributed by atoms with van der Waals surface area (Å²) in [6.07, 6.45) is 6.16. The summed E-state index contributed by atoms with van der Waals surface area (Å²) in [5.74, 6) is 2.57. The number of aliphatic imine (C=N–C) groups is 1. The molecule has 176 valence electrons. The lowest BCUT2D eigenvalue weighted by atomic mass is 10.2. The van der Waals surface area contributed by atoms with Crippen LogP contribution in [0.4, 0.5) is 0 Å². The van der Waals surface area contributed by atoms with Gasteiger partial charge in [0.05, 0.1) is 33.0 Å². The van der Waals surface area contributed by atoms with E-state index in [0.717, 1.165) is 88.2 Å². The van der Waals surface area contributed by atoms with E-state index in [1.54, 1.807) is 7.11 Å². The van der Waals surface area contributed by atoms with Gasteiger partial charge >= 0.3 is 0 Å².